The quantitative estimate of drug-likeness (QED) is 0.0495. The normalized spacial score (nSPS) is 37.6. The number of hydrogen-bond acceptors (Lipinski definition) is 33. The topological polar surface area (TPSA) is 617 Å². The van der Waals surface area contributed by atoms with Crippen LogP contribution in [0.3, 0.4) is 0 Å². The summed E-state index contributed by atoms with van der Waals surface area (Å²) >= 11 is 0. The summed E-state index contributed by atoms with van der Waals surface area (Å²) in [6.45, 7) is -0.667. The van der Waals surface area contributed by atoms with Gasteiger partial charge in [-0.1, -0.05) is 0 Å². The van der Waals surface area contributed by atoms with Crippen LogP contribution in [-0.2, 0) is 104 Å². The SMILES string of the molecule is C[C@@H]1OC(CS(=O)(=O)[O-])[C@H](O[C@@H]2OC(C(=O)[O-])[C@H](OC[C@@H]3OC(CS(=O)(=O)[O-])[C@H](O[C@@H]4OC(C(=O)[O-])=C[C@H](O)C4NS(=O)(=O)[O-])[C@H](O)C3NS(=O)(=O)[O-])[C@H](O)C2NS(=O)(=O)[O-])[C@H](O)C1NS(=O)(=O)[O-]. The summed E-state index contributed by atoms with van der Waals surface area (Å²) in [4.78, 5) is 24.0. The van der Waals surface area contributed by atoms with Crippen LogP contribution in [-0.4, -0.2) is 238 Å². The van der Waals surface area contributed by atoms with Crippen LogP contribution in [0.4, 0.5) is 0 Å². The van der Waals surface area contributed by atoms with Crippen molar-refractivity contribution >= 4 is 73.4 Å². The number of carbonyl (C=O) groups is 2. The zero-order chi connectivity index (χ0) is 52.7. The smallest absolute Gasteiger partial charge is 0.219 e. The first-order valence-electron chi connectivity index (χ1n) is 18.3. The van der Waals surface area contributed by atoms with Gasteiger partial charge in [-0.15, -0.1) is 0 Å². The van der Waals surface area contributed by atoms with E-state index in [4.69, 9.17) is 33.2 Å². The van der Waals surface area contributed by atoms with Crippen molar-refractivity contribution in [2.24, 2.45) is 0 Å². The number of aliphatic carboxylic acids is 2. The van der Waals surface area contributed by atoms with Crippen LogP contribution in [0, 0.1) is 0 Å². The molecule has 0 spiro atoms. The van der Waals surface area contributed by atoms with E-state index in [0.717, 1.165) is 6.92 Å². The van der Waals surface area contributed by atoms with Crippen LogP contribution in [0.1, 0.15) is 6.92 Å². The van der Waals surface area contributed by atoms with Crippen molar-refractivity contribution in [3.63, 3.8) is 0 Å². The molecule has 4 heterocycles. The maximum atomic E-state index is 12.5. The number of rotatable bonds is 21. The molecule has 43 heteroatoms. The van der Waals surface area contributed by atoms with Crippen molar-refractivity contribution in [1.82, 2.24) is 18.9 Å². The largest absolute Gasteiger partial charge is 0.748 e. The lowest BCUT2D eigenvalue weighted by Gasteiger charge is -2.50. The summed E-state index contributed by atoms with van der Waals surface area (Å²) in [5, 5.41) is 68.2. The first-order valence-corrected chi connectivity index (χ1v) is 27.1. The Hall–Kier alpha value is -2.62. The molecule has 37 nitrogen and oxygen atoms in total. The molecule has 7 unspecified atom stereocenters. The Balaban J connectivity index is 1.74. The zero-order valence-corrected chi connectivity index (χ0v) is 38.6. The molecule has 0 aromatic heterocycles. The second-order valence-corrected chi connectivity index (χ2v) is 22.4. The van der Waals surface area contributed by atoms with Gasteiger partial charge in [-0.05, 0) is 13.0 Å². The van der Waals surface area contributed by atoms with Crippen LogP contribution in [0.5, 0.6) is 0 Å². The molecule has 4 aliphatic heterocycles. The molecule has 0 bridgehead atoms. The molecule has 8 N–H and O–H groups in total. The van der Waals surface area contributed by atoms with Gasteiger partial charge in [-0.3, -0.25) is 0 Å². The molecule has 0 aliphatic carbocycles. The first-order chi connectivity index (χ1) is 31.1. The molecule has 0 saturated carbocycles. The van der Waals surface area contributed by atoms with Crippen molar-refractivity contribution in [2.75, 3.05) is 18.1 Å². The predicted molar refractivity (Wildman–Crippen MR) is 194 cm³/mol. The minimum atomic E-state index is -5.93. The number of carboxylic acid groups (broad SMARTS) is 2. The van der Waals surface area contributed by atoms with Crippen LogP contribution >= 0.6 is 0 Å². The number of aliphatic hydroxyl groups excluding tert-OH is 4. The van der Waals surface area contributed by atoms with E-state index in [1.165, 1.54) is 18.9 Å². The van der Waals surface area contributed by atoms with Gasteiger partial charge in [0.05, 0.1) is 80.8 Å². The Morgan fingerprint density at radius 3 is 1.46 bits per heavy atom. The van der Waals surface area contributed by atoms with Gasteiger partial charge in [0.15, 0.2) is 47.5 Å². The van der Waals surface area contributed by atoms with E-state index < -0.39 is 207 Å². The lowest BCUT2D eigenvalue weighted by molar-refractivity contribution is -0.353. The highest BCUT2D eigenvalue weighted by Gasteiger charge is 2.55. The fourth-order valence-corrected chi connectivity index (χ4v) is 11.1. The molecule has 0 aromatic rings. The molecule has 0 aromatic carbocycles. The highest BCUT2D eigenvalue weighted by Crippen LogP contribution is 2.34. The highest BCUT2D eigenvalue weighted by molar-refractivity contribution is 7.86. The van der Waals surface area contributed by atoms with E-state index in [0.29, 0.717) is 0 Å². The fraction of sp³-hybridized carbons (Fsp3) is 0.846. The monoisotopic (exact) mass is 1120 g/mol. The molecule has 0 radical (unpaired) electrons. The minimum absolute atomic E-state index is 0.252. The summed E-state index contributed by atoms with van der Waals surface area (Å²) in [7, 11) is -34.1. The van der Waals surface area contributed by atoms with Crippen LogP contribution in [0.15, 0.2) is 11.8 Å². The first kappa shape index (κ1) is 58.9. The van der Waals surface area contributed by atoms with Gasteiger partial charge in [-0.2, -0.15) is 0 Å². The van der Waals surface area contributed by atoms with Crippen molar-refractivity contribution in [1.29, 1.82) is 0 Å². The van der Waals surface area contributed by atoms with E-state index in [-0.39, 0.29) is 6.08 Å². The maximum absolute atomic E-state index is 12.5. The molecule has 69 heavy (non-hydrogen) atoms. The highest BCUT2D eigenvalue weighted by atomic mass is 32.3. The Kier molecular flexibility index (Phi) is 18.7. The lowest BCUT2D eigenvalue weighted by Crippen LogP contribution is -2.71. The number of carboxylic acids is 2. The fourth-order valence-electron chi connectivity index (χ4n) is 7.29. The number of nitrogens with one attached hydrogen (secondary N) is 4. The van der Waals surface area contributed by atoms with E-state index in [9.17, 15) is 118 Å². The number of hydrogen-bond donors (Lipinski definition) is 8. The van der Waals surface area contributed by atoms with Gasteiger partial charge in [0.2, 0.25) is 6.29 Å². The summed E-state index contributed by atoms with van der Waals surface area (Å²) in [5.74, 6) is -9.72. The third-order valence-corrected chi connectivity index (χ3v) is 13.6. The number of carbonyl (C=O) groups excluding carboxylic acids is 2. The minimum Gasteiger partial charge on any atom is -0.748 e. The van der Waals surface area contributed by atoms with Crippen LogP contribution < -0.4 is 29.1 Å². The lowest BCUT2D eigenvalue weighted by atomic mass is 9.92. The van der Waals surface area contributed by atoms with Crippen molar-refractivity contribution in [2.45, 2.75) is 117 Å². The van der Waals surface area contributed by atoms with Gasteiger partial charge in [-0.25, -0.2) is 69.4 Å². The third-order valence-electron chi connectivity index (χ3n) is 9.92. The molecule has 3 saturated heterocycles. The maximum Gasteiger partial charge on any atom is 0.219 e. The molecular formula is C26H36N4O33S6-8. The van der Waals surface area contributed by atoms with Crippen molar-refractivity contribution in [3.8, 4) is 0 Å². The van der Waals surface area contributed by atoms with Gasteiger partial charge in [0, 0.05) is 0 Å². The Labute approximate surface area is 389 Å². The van der Waals surface area contributed by atoms with Gasteiger partial charge >= 0.3 is 0 Å². The van der Waals surface area contributed by atoms with E-state index in [1.807, 2.05) is 0 Å². The Morgan fingerprint density at radius 1 is 0.580 bits per heavy atom. The summed E-state index contributed by atoms with van der Waals surface area (Å²) in [6, 6.07) is -9.93. The van der Waals surface area contributed by atoms with E-state index in [1.54, 1.807) is 0 Å². The van der Waals surface area contributed by atoms with Gasteiger partial charge in [0.25, 0.3) is 0 Å². The molecule has 18 atom stereocenters. The average molecular weight is 1120 g/mol. The Morgan fingerprint density at radius 2 is 1.00 bits per heavy atom. The number of aliphatic hydroxyl groups is 4. The molecule has 4 aliphatic rings. The van der Waals surface area contributed by atoms with E-state index >= 15 is 0 Å². The predicted octanol–water partition coefficient (Wildman–Crippen LogP) is -14.6. The molecule has 4 rings (SSSR count). The van der Waals surface area contributed by atoms with Crippen molar-refractivity contribution in [3.05, 3.63) is 11.8 Å². The second kappa shape index (κ2) is 21.8. The van der Waals surface area contributed by atoms with Gasteiger partial charge in [0.1, 0.15) is 72.6 Å². The number of ether oxygens (including phenoxy) is 7. The molecule has 0 amide bonds. The van der Waals surface area contributed by atoms with E-state index in [2.05, 4.69) is 0 Å². The second-order valence-electron chi connectivity index (χ2n) is 14.9. The summed E-state index contributed by atoms with van der Waals surface area (Å²) in [6.07, 6.45) is -35.7. The zero-order valence-electron chi connectivity index (χ0n) is 33.7. The molecule has 402 valence electrons. The standard InChI is InChI=1S/C26H44N4O33S6/c1-6-12(27-66(45,46)47)16(32)19(10(58-6)4-64(39,40)41)62-26-15(30-69(54,55)56)18(34)21(22(63-26)24(37)38)57-3-9-14(29-68(51,52)53)17(33)20(11(59-9)5-65(42,43)44)61-25-13(28-67(48,49)50)7(31)2-8(60-25)23(35)36/h2,6-7,9-22,25-34H,3-5H2,1H3,(H,35,36)(H,37,38)(H,39,40,41)(H,42,43,44)(H,45,46,47)(H,48,49,50)(H,51,52,53)(H,54,55,56)/p-8/t6-,7-,9-,10?,11?,12?,13?,14?,15?,16+,17+,18+,19-,20-,21+,22?,25-,26+/m0/s1. The molecule has 3 fully saturated rings. The third kappa shape index (κ3) is 17.0. The Bertz CT molecular complexity index is 2600. The summed E-state index contributed by atoms with van der Waals surface area (Å²) < 4.78 is 254. The van der Waals surface area contributed by atoms with Crippen LogP contribution in [0.25, 0.3) is 0 Å². The van der Waals surface area contributed by atoms with Gasteiger partial charge < -0.3 is 101 Å². The average Bonchev–Trinajstić information content (AvgIpc) is 3.13. The molecular weight excluding hydrogens is 1090 g/mol. The summed E-state index contributed by atoms with van der Waals surface area (Å²) in [5.41, 5.74) is 0. The van der Waals surface area contributed by atoms with Crippen LogP contribution in [0.2, 0.25) is 0 Å². The van der Waals surface area contributed by atoms with Crippen molar-refractivity contribution < 1.29 is 151 Å².